The van der Waals surface area contributed by atoms with Gasteiger partial charge in [0.2, 0.25) is 0 Å². The second kappa shape index (κ2) is 3.27. The van der Waals surface area contributed by atoms with Crippen molar-refractivity contribution in [2.75, 3.05) is 0 Å². The van der Waals surface area contributed by atoms with E-state index >= 15 is 0 Å². The molecular formula is C7H7NOS. The maximum atomic E-state index is 9.88. The number of carbonyl (C=O) groups is 1. The van der Waals surface area contributed by atoms with Gasteiger partial charge in [0.25, 0.3) is 0 Å². The van der Waals surface area contributed by atoms with Crippen molar-refractivity contribution in [3.63, 3.8) is 0 Å². The van der Waals surface area contributed by atoms with Crippen LogP contribution in [0.3, 0.4) is 0 Å². The number of thiazole rings is 1. The molecule has 0 bridgehead atoms. The van der Waals surface area contributed by atoms with Crippen LogP contribution in [0, 0.1) is 6.92 Å². The Morgan fingerprint density at radius 2 is 2.50 bits per heavy atom. The highest BCUT2D eigenvalue weighted by Gasteiger charge is 1.90. The van der Waals surface area contributed by atoms with E-state index < -0.39 is 0 Å². The molecule has 3 heteroatoms. The summed E-state index contributed by atoms with van der Waals surface area (Å²) in [4.78, 5) is 14.0. The summed E-state index contributed by atoms with van der Waals surface area (Å²) >= 11 is 1.53. The highest BCUT2D eigenvalue weighted by Crippen LogP contribution is 2.09. The maximum Gasteiger partial charge on any atom is 0.142 e. The predicted molar refractivity (Wildman–Crippen MR) is 41.9 cm³/mol. The van der Waals surface area contributed by atoms with Gasteiger partial charge >= 0.3 is 0 Å². The second-order valence-corrected chi connectivity index (χ2v) is 2.71. The van der Waals surface area contributed by atoms with Crippen LogP contribution in [0.4, 0.5) is 0 Å². The Morgan fingerprint density at radius 1 is 1.70 bits per heavy atom. The van der Waals surface area contributed by atoms with E-state index in [1.165, 1.54) is 17.4 Å². The van der Waals surface area contributed by atoms with E-state index in [-0.39, 0.29) is 0 Å². The minimum atomic E-state index is 0.747. The van der Waals surface area contributed by atoms with Crippen LogP contribution in [0.1, 0.15) is 10.7 Å². The zero-order chi connectivity index (χ0) is 7.40. The Bertz CT molecular complexity index is 252. The van der Waals surface area contributed by atoms with Crippen LogP contribution in [0.2, 0.25) is 0 Å². The van der Waals surface area contributed by atoms with Gasteiger partial charge in [0.05, 0.1) is 0 Å². The summed E-state index contributed by atoms with van der Waals surface area (Å²) in [5.74, 6) is 0. The second-order valence-electron chi connectivity index (χ2n) is 1.82. The number of rotatable bonds is 2. The van der Waals surface area contributed by atoms with Gasteiger partial charge in [-0.25, -0.2) is 4.98 Å². The smallest absolute Gasteiger partial charge is 0.142 e. The molecule has 0 atom stereocenters. The summed E-state index contributed by atoms with van der Waals surface area (Å²) in [6.45, 7) is 1.93. The average Bonchev–Trinajstić information content (AvgIpc) is 2.31. The van der Waals surface area contributed by atoms with Crippen molar-refractivity contribution in [2.24, 2.45) is 0 Å². The highest BCUT2D eigenvalue weighted by molar-refractivity contribution is 7.10. The van der Waals surface area contributed by atoms with E-state index in [1.807, 2.05) is 12.3 Å². The molecule has 0 radical (unpaired) electrons. The first-order valence-corrected chi connectivity index (χ1v) is 3.75. The molecule has 10 heavy (non-hydrogen) atoms. The first-order chi connectivity index (χ1) is 4.83. The lowest BCUT2D eigenvalue weighted by atomic mass is 10.5. The zero-order valence-corrected chi connectivity index (χ0v) is 6.39. The first kappa shape index (κ1) is 7.15. The molecule has 0 aromatic carbocycles. The average molecular weight is 153 g/mol. The largest absolute Gasteiger partial charge is 0.299 e. The Labute approximate surface area is 63.2 Å². The lowest BCUT2D eigenvalue weighted by molar-refractivity contribution is -0.104. The normalized spacial score (nSPS) is 10.5. The molecule has 0 spiro atoms. The van der Waals surface area contributed by atoms with E-state index in [2.05, 4.69) is 4.98 Å². The van der Waals surface area contributed by atoms with E-state index in [4.69, 9.17) is 0 Å². The molecule has 0 saturated carbocycles. The molecule has 1 aromatic rings. The Kier molecular flexibility index (Phi) is 2.34. The molecule has 1 rings (SSSR count). The van der Waals surface area contributed by atoms with E-state index in [1.54, 1.807) is 6.08 Å². The molecule has 1 aromatic heterocycles. The number of nitrogens with zero attached hydrogens (tertiary/aromatic N) is 1. The van der Waals surface area contributed by atoms with Gasteiger partial charge < -0.3 is 0 Å². The number of aryl methyl sites for hydroxylation is 1. The molecule has 0 aliphatic rings. The number of aldehydes is 1. The number of hydrogen-bond acceptors (Lipinski definition) is 3. The van der Waals surface area contributed by atoms with Gasteiger partial charge in [-0.05, 0) is 19.1 Å². The molecule has 52 valence electrons. The van der Waals surface area contributed by atoms with Gasteiger partial charge in [0.15, 0.2) is 0 Å². The van der Waals surface area contributed by atoms with Crippen molar-refractivity contribution in [2.45, 2.75) is 6.92 Å². The fourth-order valence-corrected chi connectivity index (χ4v) is 1.27. The van der Waals surface area contributed by atoms with Crippen LogP contribution in [-0.2, 0) is 4.79 Å². The fourth-order valence-electron chi connectivity index (χ4n) is 0.570. The summed E-state index contributed by atoms with van der Waals surface area (Å²) < 4.78 is 0. The van der Waals surface area contributed by atoms with Crippen molar-refractivity contribution >= 4 is 23.7 Å². The van der Waals surface area contributed by atoms with Crippen molar-refractivity contribution in [1.29, 1.82) is 0 Å². The van der Waals surface area contributed by atoms with Crippen LogP contribution in [0.15, 0.2) is 11.5 Å². The summed E-state index contributed by atoms with van der Waals surface area (Å²) in [5.41, 5.74) is 0.996. The highest BCUT2D eigenvalue weighted by atomic mass is 32.1. The Hall–Kier alpha value is -0.960. The lowest BCUT2D eigenvalue weighted by Gasteiger charge is -1.76. The summed E-state index contributed by atoms with van der Waals surface area (Å²) in [7, 11) is 0. The van der Waals surface area contributed by atoms with Crippen LogP contribution >= 0.6 is 11.3 Å². The van der Waals surface area contributed by atoms with Gasteiger partial charge in [-0.15, -0.1) is 11.3 Å². The van der Waals surface area contributed by atoms with Gasteiger partial charge in [-0.2, -0.15) is 0 Å². The van der Waals surface area contributed by atoms with E-state index in [0.717, 1.165) is 17.0 Å². The van der Waals surface area contributed by atoms with Gasteiger partial charge in [-0.3, -0.25) is 4.79 Å². The molecule has 0 unspecified atom stereocenters. The van der Waals surface area contributed by atoms with Gasteiger partial charge in [0, 0.05) is 11.1 Å². The van der Waals surface area contributed by atoms with Crippen LogP contribution < -0.4 is 0 Å². The van der Waals surface area contributed by atoms with Crippen LogP contribution in [-0.4, -0.2) is 11.3 Å². The van der Waals surface area contributed by atoms with Crippen molar-refractivity contribution < 1.29 is 4.79 Å². The van der Waals surface area contributed by atoms with Crippen molar-refractivity contribution in [3.05, 3.63) is 22.2 Å². The summed E-state index contributed by atoms with van der Waals surface area (Å²) in [6, 6.07) is 0. The third kappa shape index (κ3) is 1.77. The number of carbonyl (C=O) groups excluding carboxylic acids is 1. The minimum Gasteiger partial charge on any atom is -0.299 e. The van der Waals surface area contributed by atoms with Gasteiger partial charge in [0.1, 0.15) is 11.3 Å². The summed E-state index contributed by atoms with van der Waals surface area (Å²) in [5, 5.41) is 2.83. The summed E-state index contributed by atoms with van der Waals surface area (Å²) in [6.07, 6.45) is 3.89. The maximum absolute atomic E-state index is 9.88. The predicted octanol–water partition coefficient (Wildman–Crippen LogP) is 1.66. The molecule has 0 aliphatic heterocycles. The minimum absolute atomic E-state index is 0.747. The van der Waals surface area contributed by atoms with Crippen molar-refractivity contribution in [3.8, 4) is 0 Å². The van der Waals surface area contributed by atoms with Gasteiger partial charge in [-0.1, -0.05) is 0 Å². The molecule has 0 N–H and O–H groups in total. The quantitative estimate of drug-likeness (QED) is 0.477. The molecule has 2 nitrogen and oxygen atoms in total. The SMILES string of the molecule is Cc1csc(C=CC=O)n1. The first-order valence-electron chi connectivity index (χ1n) is 2.87. The number of allylic oxidation sites excluding steroid dienone is 1. The topological polar surface area (TPSA) is 30.0 Å². The molecule has 0 fully saturated rings. The Morgan fingerprint density at radius 3 is 3.00 bits per heavy atom. The molecule has 0 saturated heterocycles. The molecule has 0 amide bonds. The monoisotopic (exact) mass is 153 g/mol. The van der Waals surface area contributed by atoms with E-state index in [9.17, 15) is 4.79 Å². The molecule has 1 heterocycles. The standard InChI is InChI=1S/C7H7NOS/c1-6-5-10-7(8-6)3-2-4-9/h2-5H,1H3. The molecule has 0 aliphatic carbocycles. The number of aromatic nitrogens is 1. The Balaban J connectivity index is 2.75. The lowest BCUT2D eigenvalue weighted by Crippen LogP contribution is -1.70. The third-order valence-corrected chi connectivity index (χ3v) is 1.88. The fraction of sp³-hybridized carbons (Fsp3) is 0.143. The molecular weight excluding hydrogens is 146 g/mol. The zero-order valence-electron chi connectivity index (χ0n) is 5.57. The van der Waals surface area contributed by atoms with Crippen molar-refractivity contribution in [1.82, 2.24) is 4.98 Å². The third-order valence-electron chi connectivity index (χ3n) is 0.954. The number of hydrogen-bond donors (Lipinski definition) is 0. The van der Waals surface area contributed by atoms with E-state index in [0.29, 0.717) is 0 Å². The van der Waals surface area contributed by atoms with Crippen LogP contribution in [0.25, 0.3) is 6.08 Å². The van der Waals surface area contributed by atoms with Crippen LogP contribution in [0.5, 0.6) is 0 Å².